The van der Waals surface area contributed by atoms with Crippen LogP contribution in [0.5, 0.6) is 0 Å². The molecule has 1 heteroatoms. The number of aromatic nitrogens is 1. The third-order valence-corrected chi connectivity index (χ3v) is 3.19. The number of nitrogens with zero attached hydrogens (tertiary/aromatic N) is 1. The predicted octanol–water partition coefficient (Wildman–Crippen LogP) is 3.14. The van der Waals surface area contributed by atoms with E-state index in [0.29, 0.717) is 0 Å². The average molecular weight is 226 g/mol. The van der Waals surface area contributed by atoms with Crippen molar-refractivity contribution in [2.75, 3.05) is 0 Å². The lowest BCUT2D eigenvalue weighted by molar-refractivity contribution is -0.708. The van der Waals surface area contributed by atoms with E-state index in [0.717, 1.165) is 13.0 Å². The van der Waals surface area contributed by atoms with Gasteiger partial charge in [0.1, 0.15) is 0 Å². The Labute approximate surface area is 104 Å². The third kappa shape index (κ3) is 2.94. The van der Waals surface area contributed by atoms with Crippen LogP contribution in [0.3, 0.4) is 0 Å². The van der Waals surface area contributed by atoms with Gasteiger partial charge in [-0.25, -0.2) is 0 Å². The van der Waals surface area contributed by atoms with E-state index in [-0.39, 0.29) is 0 Å². The Bertz CT molecular complexity index is 477. The van der Waals surface area contributed by atoms with Crippen LogP contribution in [0.4, 0.5) is 0 Å². The van der Waals surface area contributed by atoms with Crippen molar-refractivity contribution < 1.29 is 4.57 Å². The van der Waals surface area contributed by atoms with Gasteiger partial charge in [0.05, 0.1) is 0 Å². The Hall–Kier alpha value is -1.63. The van der Waals surface area contributed by atoms with Crippen molar-refractivity contribution in [1.29, 1.82) is 0 Å². The molecule has 0 aliphatic rings. The first kappa shape index (κ1) is 11.8. The highest BCUT2D eigenvalue weighted by Crippen LogP contribution is 2.04. The lowest BCUT2D eigenvalue weighted by Crippen LogP contribution is -2.41. The smallest absolute Gasteiger partial charge is 0.178 e. The molecule has 0 spiro atoms. The van der Waals surface area contributed by atoms with Gasteiger partial charge in [-0.1, -0.05) is 30.3 Å². The van der Waals surface area contributed by atoms with Crippen LogP contribution in [0.25, 0.3) is 0 Å². The third-order valence-electron chi connectivity index (χ3n) is 3.19. The van der Waals surface area contributed by atoms with Crippen molar-refractivity contribution in [2.24, 2.45) is 0 Å². The summed E-state index contributed by atoms with van der Waals surface area (Å²) in [5.74, 6) is 0. The fourth-order valence-corrected chi connectivity index (χ4v) is 2.37. The highest BCUT2D eigenvalue weighted by Gasteiger charge is 2.10. The van der Waals surface area contributed by atoms with Crippen LogP contribution in [0.1, 0.15) is 22.5 Å². The van der Waals surface area contributed by atoms with Gasteiger partial charge in [0.15, 0.2) is 17.9 Å². The number of benzene rings is 1. The van der Waals surface area contributed by atoms with E-state index in [2.05, 4.69) is 67.8 Å². The maximum Gasteiger partial charge on any atom is 0.178 e. The second-order valence-electron chi connectivity index (χ2n) is 4.70. The van der Waals surface area contributed by atoms with Gasteiger partial charge in [-0.2, -0.15) is 4.57 Å². The topological polar surface area (TPSA) is 3.88 Å². The van der Waals surface area contributed by atoms with Crippen LogP contribution in [0.2, 0.25) is 0 Å². The van der Waals surface area contributed by atoms with Gasteiger partial charge in [-0.05, 0) is 18.1 Å². The van der Waals surface area contributed by atoms with E-state index in [1.165, 1.54) is 22.5 Å². The van der Waals surface area contributed by atoms with Gasteiger partial charge in [0, 0.05) is 32.4 Å². The molecule has 0 bridgehead atoms. The van der Waals surface area contributed by atoms with Gasteiger partial charge in [-0.15, -0.1) is 0 Å². The van der Waals surface area contributed by atoms with Crippen molar-refractivity contribution in [1.82, 2.24) is 0 Å². The minimum Gasteiger partial charge on any atom is -0.200 e. The Morgan fingerprint density at radius 3 is 2.06 bits per heavy atom. The van der Waals surface area contributed by atoms with Crippen LogP contribution in [0, 0.1) is 20.8 Å². The maximum atomic E-state index is 2.39. The van der Waals surface area contributed by atoms with Gasteiger partial charge in [0.25, 0.3) is 0 Å². The van der Waals surface area contributed by atoms with Crippen LogP contribution in [0.15, 0.2) is 42.5 Å². The molecule has 0 aliphatic heterocycles. The molecule has 2 aromatic rings. The maximum absolute atomic E-state index is 2.39. The molecule has 0 radical (unpaired) electrons. The standard InChI is InChI=1S/C16H20N/c1-13-11-14(2)17(15(3)12-13)10-9-16-7-5-4-6-8-16/h4-8,11-12H,9-10H2,1-3H3/q+1. The number of pyridine rings is 1. The molecule has 0 aliphatic carbocycles. The van der Waals surface area contributed by atoms with Crippen LogP contribution >= 0.6 is 0 Å². The Morgan fingerprint density at radius 2 is 1.47 bits per heavy atom. The first-order valence-corrected chi connectivity index (χ1v) is 6.18. The monoisotopic (exact) mass is 226 g/mol. The molecule has 1 aromatic carbocycles. The number of rotatable bonds is 3. The summed E-state index contributed by atoms with van der Waals surface area (Å²) in [5, 5.41) is 0. The Kier molecular flexibility index (Phi) is 3.58. The highest BCUT2D eigenvalue weighted by atomic mass is 15.0. The van der Waals surface area contributed by atoms with Gasteiger partial charge >= 0.3 is 0 Å². The van der Waals surface area contributed by atoms with Crippen molar-refractivity contribution in [3.8, 4) is 0 Å². The minimum atomic E-state index is 1.06. The summed E-state index contributed by atoms with van der Waals surface area (Å²) < 4.78 is 2.39. The number of hydrogen-bond acceptors (Lipinski definition) is 0. The molecule has 88 valence electrons. The fraction of sp³-hybridized carbons (Fsp3) is 0.312. The van der Waals surface area contributed by atoms with Crippen molar-refractivity contribution >= 4 is 0 Å². The van der Waals surface area contributed by atoms with Crippen LogP contribution in [-0.4, -0.2) is 0 Å². The molecule has 0 amide bonds. The zero-order chi connectivity index (χ0) is 12.3. The average Bonchev–Trinajstić information content (AvgIpc) is 2.29. The molecule has 2 rings (SSSR count). The predicted molar refractivity (Wildman–Crippen MR) is 71.0 cm³/mol. The zero-order valence-corrected chi connectivity index (χ0v) is 10.9. The second kappa shape index (κ2) is 5.13. The van der Waals surface area contributed by atoms with E-state index in [9.17, 15) is 0 Å². The molecule has 1 aromatic heterocycles. The molecular formula is C16H20N+. The molecule has 0 saturated heterocycles. The summed E-state index contributed by atoms with van der Waals surface area (Å²) >= 11 is 0. The summed E-state index contributed by atoms with van der Waals surface area (Å²) in [4.78, 5) is 0. The molecule has 17 heavy (non-hydrogen) atoms. The first-order valence-electron chi connectivity index (χ1n) is 6.18. The first-order chi connectivity index (χ1) is 8.16. The molecule has 1 heterocycles. The van der Waals surface area contributed by atoms with Gasteiger partial charge in [0.2, 0.25) is 0 Å². The highest BCUT2D eigenvalue weighted by molar-refractivity contribution is 5.15. The summed E-state index contributed by atoms with van der Waals surface area (Å²) in [6, 6.07) is 15.2. The molecule has 1 nitrogen and oxygen atoms in total. The van der Waals surface area contributed by atoms with Crippen molar-refractivity contribution in [3.63, 3.8) is 0 Å². The van der Waals surface area contributed by atoms with E-state index >= 15 is 0 Å². The van der Waals surface area contributed by atoms with E-state index in [1.807, 2.05) is 0 Å². The van der Waals surface area contributed by atoms with Crippen LogP contribution < -0.4 is 4.57 Å². The second-order valence-corrected chi connectivity index (χ2v) is 4.70. The number of aryl methyl sites for hydroxylation is 4. The van der Waals surface area contributed by atoms with Crippen molar-refractivity contribution in [2.45, 2.75) is 33.7 Å². The van der Waals surface area contributed by atoms with Gasteiger partial charge in [-0.3, -0.25) is 0 Å². The minimum absolute atomic E-state index is 1.06. The lowest BCUT2D eigenvalue weighted by Gasteiger charge is -2.05. The molecule has 0 fully saturated rings. The van der Waals surface area contributed by atoms with E-state index < -0.39 is 0 Å². The molecule has 0 N–H and O–H groups in total. The summed E-state index contributed by atoms with van der Waals surface area (Å²) in [6.45, 7) is 7.58. The Morgan fingerprint density at radius 1 is 0.882 bits per heavy atom. The number of hydrogen-bond donors (Lipinski definition) is 0. The Balaban J connectivity index is 2.15. The molecule has 0 saturated carbocycles. The van der Waals surface area contributed by atoms with Crippen molar-refractivity contribution in [3.05, 3.63) is 65.0 Å². The molecular weight excluding hydrogens is 206 g/mol. The lowest BCUT2D eigenvalue weighted by atomic mass is 10.1. The summed E-state index contributed by atoms with van der Waals surface area (Å²) in [7, 11) is 0. The molecule has 0 atom stereocenters. The normalized spacial score (nSPS) is 10.5. The van der Waals surface area contributed by atoms with Gasteiger partial charge < -0.3 is 0 Å². The van der Waals surface area contributed by atoms with E-state index in [1.54, 1.807) is 0 Å². The zero-order valence-electron chi connectivity index (χ0n) is 10.9. The SMILES string of the molecule is Cc1cc(C)[n+](CCc2ccccc2)c(C)c1. The summed E-state index contributed by atoms with van der Waals surface area (Å²) in [6.07, 6.45) is 1.09. The fourth-order valence-electron chi connectivity index (χ4n) is 2.37. The molecule has 0 unspecified atom stereocenters. The van der Waals surface area contributed by atoms with Crippen LogP contribution in [-0.2, 0) is 13.0 Å². The largest absolute Gasteiger partial charge is 0.200 e. The quantitative estimate of drug-likeness (QED) is 0.708. The summed E-state index contributed by atoms with van der Waals surface area (Å²) in [5.41, 5.74) is 5.44. The van der Waals surface area contributed by atoms with E-state index in [4.69, 9.17) is 0 Å².